The van der Waals surface area contributed by atoms with Crippen molar-refractivity contribution in [1.29, 1.82) is 0 Å². The first kappa shape index (κ1) is 14.6. The van der Waals surface area contributed by atoms with Gasteiger partial charge in [-0.25, -0.2) is 0 Å². The minimum Gasteiger partial charge on any atom is -0.366 e. The minimum atomic E-state index is -0.515. The zero-order chi connectivity index (χ0) is 14.7. The molecule has 0 saturated heterocycles. The predicted molar refractivity (Wildman–Crippen MR) is 78.4 cm³/mol. The number of rotatable bonds is 3. The molecule has 3 atom stereocenters. The van der Waals surface area contributed by atoms with E-state index in [1.54, 1.807) is 24.3 Å². The van der Waals surface area contributed by atoms with Crippen molar-refractivity contribution in [2.75, 3.05) is 0 Å². The Bertz CT molecular complexity index is 513. The zero-order valence-electron chi connectivity index (χ0n) is 12.1. The Morgan fingerprint density at radius 1 is 1.20 bits per heavy atom. The SMILES string of the molecule is C[C@@H]1[C@H](C)CCC[C@H]1NC(=O)c1cccc(C(N)=O)c1. The second kappa shape index (κ2) is 6.07. The maximum Gasteiger partial charge on any atom is 0.251 e. The van der Waals surface area contributed by atoms with Crippen LogP contribution < -0.4 is 11.1 Å². The second-order valence-electron chi connectivity index (χ2n) is 5.79. The molecular formula is C16H22N2O2. The molecule has 0 bridgehead atoms. The van der Waals surface area contributed by atoms with E-state index in [4.69, 9.17) is 5.73 Å². The van der Waals surface area contributed by atoms with Crippen molar-refractivity contribution in [3.05, 3.63) is 35.4 Å². The van der Waals surface area contributed by atoms with Gasteiger partial charge in [-0.3, -0.25) is 9.59 Å². The molecule has 2 amide bonds. The number of nitrogens with two attached hydrogens (primary N) is 1. The highest BCUT2D eigenvalue weighted by atomic mass is 16.2. The molecule has 0 heterocycles. The first-order valence-corrected chi connectivity index (χ1v) is 7.19. The largest absolute Gasteiger partial charge is 0.366 e. The number of amides is 2. The van der Waals surface area contributed by atoms with Crippen molar-refractivity contribution < 1.29 is 9.59 Å². The van der Waals surface area contributed by atoms with Crippen molar-refractivity contribution in [1.82, 2.24) is 5.32 Å². The highest BCUT2D eigenvalue weighted by Gasteiger charge is 2.28. The average Bonchev–Trinajstić information content (AvgIpc) is 2.44. The minimum absolute atomic E-state index is 0.126. The molecule has 4 heteroatoms. The Kier molecular flexibility index (Phi) is 4.42. The van der Waals surface area contributed by atoms with E-state index in [-0.39, 0.29) is 11.9 Å². The molecule has 1 aliphatic rings. The number of nitrogens with one attached hydrogen (secondary N) is 1. The first-order valence-electron chi connectivity index (χ1n) is 7.19. The lowest BCUT2D eigenvalue weighted by Crippen LogP contribution is -2.43. The standard InChI is InChI=1S/C16H22N2O2/c1-10-5-3-8-14(11(10)2)18-16(20)13-7-4-6-12(9-13)15(17)19/h4,6-7,9-11,14H,3,5,8H2,1-2H3,(H2,17,19)(H,18,20)/t10-,11-,14-/m1/s1. The number of benzene rings is 1. The highest BCUT2D eigenvalue weighted by Crippen LogP contribution is 2.29. The Balaban J connectivity index is 2.08. The summed E-state index contributed by atoms with van der Waals surface area (Å²) >= 11 is 0. The summed E-state index contributed by atoms with van der Waals surface area (Å²) in [6.07, 6.45) is 3.40. The van der Waals surface area contributed by atoms with Crippen molar-refractivity contribution in [3.63, 3.8) is 0 Å². The van der Waals surface area contributed by atoms with Crippen molar-refractivity contribution in [2.24, 2.45) is 17.6 Å². The lowest BCUT2D eigenvalue weighted by Gasteiger charge is -2.34. The smallest absolute Gasteiger partial charge is 0.251 e. The summed E-state index contributed by atoms with van der Waals surface area (Å²) < 4.78 is 0. The van der Waals surface area contributed by atoms with Gasteiger partial charge in [-0.1, -0.05) is 32.8 Å². The van der Waals surface area contributed by atoms with E-state index in [9.17, 15) is 9.59 Å². The van der Waals surface area contributed by atoms with Crippen LogP contribution in [-0.4, -0.2) is 17.9 Å². The fourth-order valence-corrected chi connectivity index (χ4v) is 2.85. The van der Waals surface area contributed by atoms with Crippen molar-refractivity contribution >= 4 is 11.8 Å². The molecule has 20 heavy (non-hydrogen) atoms. The summed E-state index contributed by atoms with van der Waals surface area (Å²) in [4.78, 5) is 23.4. The summed E-state index contributed by atoms with van der Waals surface area (Å²) in [5.74, 6) is 0.469. The van der Waals surface area contributed by atoms with Gasteiger partial charge in [-0.05, 0) is 36.5 Å². The topological polar surface area (TPSA) is 72.2 Å². The fraction of sp³-hybridized carbons (Fsp3) is 0.500. The molecule has 0 aromatic heterocycles. The van der Waals surface area contributed by atoms with Gasteiger partial charge in [0, 0.05) is 17.2 Å². The van der Waals surface area contributed by atoms with Crippen LogP contribution in [0.2, 0.25) is 0 Å². The van der Waals surface area contributed by atoms with Gasteiger partial charge in [0.2, 0.25) is 5.91 Å². The van der Waals surface area contributed by atoms with Crippen LogP contribution in [-0.2, 0) is 0 Å². The monoisotopic (exact) mass is 274 g/mol. The van der Waals surface area contributed by atoms with E-state index < -0.39 is 5.91 Å². The van der Waals surface area contributed by atoms with Gasteiger partial charge in [0.05, 0.1) is 0 Å². The van der Waals surface area contributed by atoms with Gasteiger partial charge in [0.25, 0.3) is 5.91 Å². The average molecular weight is 274 g/mol. The predicted octanol–water partition coefficient (Wildman–Crippen LogP) is 2.34. The maximum atomic E-state index is 12.3. The Labute approximate surface area is 119 Å². The second-order valence-corrected chi connectivity index (χ2v) is 5.79. The Morgan fingerprint density at radius 3 is 2.60 bits per heavy atom. The van der Waals surface area contributed by atoms with Crippen molar-refractivity contribution in [2.45, 2.75) is 39.2 Å². The molecule has 4 nitrogen and oxygen atoms in total. The maximum absolute atomic E-state index is 12.3. The summed E-state index contributed by atoms with van der Waals surface area (Å²) in [5.41, 5.74) is 6.09. The summed E-state index contributed by atoms with van der Waals surface area (Å²) in [6.45, 7) is 4.42. The lowest BCUT2D eigenvalue weighted by molar-refractivity contribution is 0.0891. The normalized spacial score (nSPS) is 26.0. The molecular weight excluding hydrogens is 252 g/mol. The number of hydrogen-bond donors (Lipinski definition) is 2. The molecule has 1 fully saturated rings. The molecule has 1 aliphatic carbocycles. The zero-order valence-corrected chi connectivity index (χ0v) is 12.1. The van der Waals surface area contributed by atoms with Crippen LogP contribution in [0.5, 0.6) is 0 Å². The van der Waals surface area contributed by atoms with E-state index in [0.29, 0.717) is 23.0 Å². The molecule has 108 valence electrons. The first-order chi connectivity index (χ1) is 9.49. The number of primary amides is 1. The van der Waals surface area contributed by atoms with Crippen LogP contribution in [0.3, 0.4) is 0 Å². The number of hydrogen-bond acceptors (Lipinski definition) is 2. The third kappa shape index (κ3) is 3.18. The van der Waals surface area contributed by atoms with Crippen LogP contribution in [0.1, 0.15) is 53.8 Å². The van der Waals surface area contributed by atoms with E-state index in [0.717, 1.165) is 12.8 Å². The summed E-state index contributed by atoms with van der Waals surface area (Å²) in [6, 6.07) is 6.77. The van der Waals surface area contributed by atoms with Crippen LogP contribution in [0.4, 0.5) is 0 Å². The summed E-state index contributed by atoms with van der Waals surface area (Å²) in [7, 11) is 0. The van der Waals surface area contributed by atoms with Gasteiger partial charge >= 0.3 is 0 Å². The third-order valence-corrected chi connectivity index (χ3v) is 4.43. The molecule has 3 N–H and O–H groups in total. The van der Waals surface area contributed by atoms with Crippen LogP contribution in [0, 0.1) is 11.8 Å². The molecule has 0 spiro atoms. The van der Waals surface area contributed by atoms with Gasteiger partial charge in [-0.15, -0.1) is 0 Å². The highest BCUT2D eigenvalue weighted by molar-refractivity contribution is 5.99. The Hall–Kier alpha value is -1.84. The molecule has 1 aromatic rings. The van der Waals surface area contributed by atoms with Crippen LogP contribution in [0.25, 0.3) is 0 Å². The van der Waals surface area contributed by atoms with Gasteiger partial charge < -0.3 is 11.1 Å². The number of carbonyl (C=O) groups excluding carboxylic acids is 2. The third-order valence-electron chi connectivity index (χ3n) is 4.43. The number of carbonyl (C=O) groups is 2. The molecule has 0 radical (unpaired) electrons. The van der Waals surface area contributed by atoms with E-state index in [1.807, 2.05) is 0 Å². The van der Waals surface area contributed by atoms with Gasteiger partial charge in [0.15, 0.2) is 0 Å². The Morgan fingerprint density at radius 2 is 1.90 bits per heavy atom. The molecule has 0 unspecified atom stereocenters. The van der Waals surface area contributed by atoms with E-state index in [2.05, 4.69) is 19.2 Å². The molecule has 0 aliphatic heterocycles. The fourth-order valence-electron chi connectivity index (χ4n) is 2.85. The van der Waals surface area contributed by atoms with Crippen molar-refractivity contribution in [3.8, 4) is 0 Å². The van der Waals surface area contributed by atoms with E-state index >= 15 is 0 Å². The van der Waals surface area contributed by atoms with Gasteiger partial charge in [0.1, 0.15) is 0 Å². The van der Waals surface area contributed by atoms with Crippen LogP contribution >= 0.6 is 0 Å². The van der Waals surface area contributed by atoms with Crippen LogP contribution in [0.15, 0.2) is 24.3 Å². The quantitative estimate of drug-likeness (QED) is 0.888. The summed E-state index contributed by atoms with van der Waals surface area (Å²) in [5, 5.41) is 3.09. The molecule has 1 saturated carbocycles. The van der Waals surface area contributed by atoms with Gasteiger partial charge in [-0.2, -0.15) is 0 Å². The molecule has 2 rings (SSSR count). The lowest BCUT2D eigenvalue weighted by atomic mass is 9.78. The molecule has 1 aromatic carbocycles. The van der Waals surface area contributed by atoms with E-state index in [1.165, 1.54) is 6.42 Å².